The van der Waals surface area contributed by atoms with Gasteiger partial charge in [0.15, 0.2) is 0 Å². The molecule has 0 aromatic rings. The van der Waals surface area contributed by atoms with Crippen LogP contribution in [0.1, 0.15) is 66.2 Å². The van der Waals surface area contributed by atoms with Gasteiger partial charge in [0.2, 0.25) is 0 Å². The fourth-order valence-corrected chi connectivity index (χ4v) is 4.56. The first-order valence-electron chi connectivity index (χ1n) is 9.29. The molecule has 0 aliphatic rings. The Balaban J connectivity index is 4.82. The van der Waals surface area contributed by atoms with Crippen LogP contribution < -0.4 is 0 Å². The van der Waals surface area contributed by atoms with Crippen molar-refractivity contribution in [2.75, 3.05) is 34.0 Å². The zero-order valence-corrected chi connectivity index (χ0v) is 17.5. The molecule has 0 amide bonds. The largest absolute Gasteiger partial charge is 0.506 e. The van der Waals surface area contributed by atoms with E-state index in [1.54, 1.807) is 14.2 Å². The lowest BCUT2D eigenvalue weighted by atomic mass is 10.1. The summed E-state index contributed by atoms with van der Waals surface area (Å²) in [5.74, 6) is 0. The smallest absolute Gasteiger partial charge is 0.377 e. The molecule has 0 saturated carbocycles. The highest BCUT2D eigenvalue weighted by Crippen LogP contribution is 2.28. The maximum absolute atomic E-state index is 6.10. The Morgan fingerprint density at radius 2 is 1.12 bits per heavy atom. The highest BCUT2D eigenvalue weighted by atomic mass is 28.4. The molecule has 0 radical (unpaired) electrons. The fraction of sp³-hybridized carbons (Fsp3) is 1.00. The fourth-order valence-electron chi connectivity index (χ4n) is 2.48. The third-order valence-electron chi connectivity index (χ3n) is 3.70. The van der Waals surface area contributed by atoms with E-state index < -0.39 is 15.0 Å². The third kappa shape index (κ3) is 8.89. The molecule has 0 atom stereocenters. The van der Waals surface area contributed by atoms with Gasteiger partial charge in [0.1, 0.15) is 0 Å². The maximum atomic E-state index is 6.10. The number of ether oxygens (including phenoxy) is 3. The Morgan fingerprint density at radius 3 is 1.54 bits per heavy atom. The van der Waals surface area contributed by atoms with E-state index in [0.29, 0.717) is 25.9 Å². The van der Waals surface area contributed by atoms with E-state index in [1.165, 1.54) is 25.7 Å². The van der Waals surface area contributed by atoms with Gasteiger partial charge in [-0.15, -0.1) is 0 Å². The monoisotopic (exact) mass is 366 g/mol. The summed E-state index contributed by atoms with van der Waals surface area (Å²) in [6, 6.07) is 0.709. The van der Waals surface area contributed by atoms with Crippen molar-refractivity contribution in [3.05, 3.63) is 0 Å². The van der Waals surface area contributed by atoms with Crippen LogP contribution >= 0.6 is 0 Å². The summed E-state index contributed by atoms with van der Waals surface area (Å²) in [6.45, 7) is 9.02. The van der Waals surface area contributed by atoms with Crippen LogP contribution in [0.2, 0.25) is 6.04 Å². The van der Waals surface area contributed by atoms with Crippen molar-refractivity contribution in [1.29, 1.82) is 0 Å². The molecule has 24 heavy (non-hydrogen) atoms. The summed E-state index contributed by atoms with van der Waals surface area (Å²) in [6.07, 6.45) is 5.59. The van der Waals surface area contributed by atoms with E-state index in [0.717, 1.165) is 12.8 Å². The Morgan fingerprint density at radius 1 is 0.667 bits per heavy atom. The van der Waals surface area contributed by atoms with E-state index in [-0.39, 0.29) is 0 Å². The number of unbranched alkanes of at least 4 members (excludes halogenated alkanes) is 5. The van der Waals surface area contributed by atoms with Crippen LogP contribution in [0.15, 0.2) is 0 Å². The minimum absolute atomic E-state index is 0.398. The maximum Gasteiger partial charge on any atom is 0.506 e. The quantitative estimate of drug-likeness (QED) is 0.217. The molecule has 0 aromatic heterocycles. The topological polar surface area (TPSA) is 55.4 Å². The van der Waals surface area contributed by atoms with Gasteiger partial charge in [-0.3, -0.25) is 4.43 Å². The van der Waals surface area contributed by atoms with Crippen molar-refractivity contribution >= 4 is 8.80 Å². The van der Waals surface area contributed by atoms with Crippen LogP contribution in [0.3, 0.4) is 0 Å². The van der Waals surface area contributed by atoms with E-state index >= 15 is 0 Å². The Labute approximate surface area is 149 Å². The highest BCUT2D eigenvalue weighted by Gasteiger charge is 2.50. The van der Waals surface area contributed by atoms with Crippen molar-refractivity contribution in [1.82, 2.24) is 0 Å². The number of hydrogen-bond acceptors (Lipinski definition) is 6. The van der Waals surface area contributed by atoms with Gasteiger partial charge in [-0.05, 0) is 27.2 Å². The lowest BCUT2D eigenvalue weighted by Gasteiger charge is -2.37. The van der Waals surface area contributed by atoms with E-state index in [4.69, 9.17) is 27.5 Å². The summed E-state index contributed by atoms with van der Waals surface area (Å²) in [5.41, 5.74) is 0. The molecule has 146 valence electrons. The molecule has 0 aromatic carbocycles. The molecule has 0 bridgehead atoms. The molecule has 7 heteroatoms. The van der Waals surface area contributed by atoms with Gasteiger partial charge in [0.25, 0.3) is 0 Å². The number of hydrogen-bond donors (Lipinski definition) is 0. The average Bonchev–Trinajstić information content (AvgIpc) is 2.57. The summed E-state index contributed by atoms with van der Waals surface area (Å²) < 4.78 is 34.3. The molecule has 6 nitrogen and oxygen atoms in total. The molecule has 0 fully saturated rings. The van der Waals surface area contributed by atoms with Gasteiger partial charge in [-0.1, -0.05) is 39.0 Å². The van der Waals surface area contributed by atoms with Crippen molar-refractivity contribution in [2.45, 2.75) is 78.4 Å². The Kier molecular flexibility index (Phi) is 14.2. The van der Waals surface area contributed by atoms with Crippen LogP contribution in [0.4, 0.5) is 0 Å². The second-order valence-corrected chi connectivity index (χ2v) is 8.40. The summed E-state index contributed by atoms with van der Waals surface area (Å²) >= 11 is 0. The van der Waals surface area contributed by atoms with Gasteiger partial charge in [0, 0.05) is 20.3 Å². The second kappa shape index (κ2) is 14.2. The third-order valence-corrected chi connectivity index (χ3v) is 6.47. The minimum Gasteiger partial charge on any atom is -0.377 e. The molecule has 0 aliphatic heterocycles. The molecule has 0 unspecified atom stereocenters. The van der Waals surface area contributed by atoms with Gasteiger partial charge >= 0.3 is 15.0 Å². The minimum atomic E-state index is -2.93. The van der Waals surface area contributed by atoms with Crippen molar-refractivity contribution in [3.8, 4) is 0 Å². The van der Waals surface area contributed by atoms with Gasteiger partial charge in [-0.2, -0.15) is 0 Å². The van der Waals surface area contributed by atoms with Crippen LogP contribution in [0.5, 0.6) is 0 Å². The van der Waals surface area contributed by atoms with E-state index in [9.17, 15) is 0 Å². The summed E-state index contributed by atoms with van der Waals surface area (Å²) in [5, 5.41) is 0. The average molecular weight is 367 g/mol. The van der Waals surface area contributed by atoms with Crippen molar-refractivity contribution < 1.29 is 27.5 Å². The van der Waals surface area contributed by atoms with Gasteiger partial charge in [0.05, 0.1) is 19.8 Å². The van der Waals surface area contributed by atoms with E-state index in [1.807, 2.05) is 20.8 Å². The molecule has 0 aliphatic carbocycles. The second-order valence-electron chi connectivity index (χ2n) is 5.51. The highest BCUT2D eigenvalue weighted by molar-refractivity contribution is 6.60. The first-order valence-corrected chi connectivity index (χ1v) is 11.2. The van der Waals surface area contributed by atoms with E-state index in [2.05, 4.69) is 6.92 Å². The molecule has 0 rings (SSSR count). The van der Waals surface area contributed by atoms with Crippen LogP contribution in [-0.4, -0.2) is 49.0 Å². The Hall–Kier alpha value is -0.0231. The Bertz CT molecular complexity index is 269. The molecule has 0 spiro atoms. The first kappa shape index (κ1) is 24.0. The molecule has 0 N–H and O–H groups in total. The molecular weight excluding hydrogens is 328 g/mol. The zero-order valence-electron chi connectivity index (χ0n) is 16.5. The normalized spacial score (nSPS) is 12.8. The van der Waals surface area contributed by atoms with Crippen molar-refractivity contribution in [3.63, 3.8) is 0 Å². The predicted molar refractivity (Wildman–Crippen MR) is 96.6 cm³/mol. The van der Waals surface area contributed by atoms with Crippen LogP contribution in [-0.2, 0) is 27.5 Å². The SMILES string of the molecule is CCCCCCCC[Si](OC)(OC)OC(OCC)(OCC)OCC. The van der Waals surface area contributed by atoms with Crippen molar-refractivity contribution in [2.24, 2.45) is 0 Å². The number of rotatable bonds is 17. The standard InChI is InChI=1S/C17H38O6Si/c1-7-11-12-13-14-15-16-24(18-5,19-6)23-17(20-8-2,21-9-3)22-10-4/h7-16H2,1-6H3. The van der Waals surface area contributed by atoms with Gasteiger partial charge < -0.3 is 23.1 Å². The molecular formula is C17H38O6Si. The van der Waals surface area contributed by atoms with Crippen LogP contribution in [0, 0.1) is 0 Å². The molecule has 0 saturated heterocycles. The molecule has 0 heterocycles. The lowest BCUT2D eigenvalue weighted by Crippen LogP contribution is -2.55. The first-order chi connectivity index (χ1) is 11.6. The lowest BCUT2D eigenvalue weighted by molar-refractivity contribution is -0.478. The summed E-state index contributed by atoms with van der Waals surface area (Å²) in [4.78, 5) is 0. The van der Waals surface area contributed by atoms with Gasteiger partial charge in [-0.25, -0.2) is 0 Å². The zero-order chi connectivity index (χ0) is 18.3. The predicted octanol–water partition coefficient (Wildman–Crippen LogP) is 4.32. The summed E-state index contributed by atoms with van der Waals surface area (Å²) in [7, 11) is 0.291. The van der Waals surface area contributed by atoms with Crippen LogP contribution in [0.25, 0.3) is 0 Å².